The summed E-state index contributed by atoms with van der Waals surface area (Å²) in [5, 5.41) is 14.5. The SMILES string of the molecule is O=C(NCC1CCCN(c2cccc(C(=O)O)n2)C1)Nc1cccc(F)c1. The van der Waals surface area contributed by atoms with Crippen molar-refractivity contribution in [2.45, 2.75) is 12.8 Å². The third-order valence-corrected chi connectivity index (χ3v) is 4.43. The number of carbonyl (C=O) groups excluding carboxylic acids is 1. The molecule has 0 bridgehead atoms. The zero-order chi connectivity index (χ0) is 19.2. The molecule has 1 saturated heterocycles. The molecule has 0 aliphatic carbocycles. The molecule has 0 radical (unpaired) electrons. The first-order chi connectivity index (χ1) is 13.0. The van der Waals surface area contributed by atoms with Crippen molar-refractivity contribution in [1.82, 2.24) is 10.3 Å². The summed E-state index contributed by atoms with van der Waals surface area (Å²) in [4.78, 5) is 29.3. The van der Waals surface area contributed by atoms with Crippen molar-refractivity contribution in [2.24, 2.45) is 5.92 Å². The third-order valence-electron chi connectivity index (χ3n) is 4.43. The Kier molecular flexibility index (Phi) is 5.85. The van der Waals surface area contributed by atoms with E-state index in [9.17, 15) is 14.0 Å². The van der Waals surface area contributed by atoms with Gasteiger partial charge in [-0.2, -0.15) is 0 Å². The number of carboxylic acid groups (broad SMARTS) is 1. The van der Waals surface area contributed by atoms with Crippen LogP contribution in [0.2, 0.25) is 0 Å². The van der Waals surface area contributed by atoms with Crippen LogP contribution < -0.4 is 15.5 Å². The van der Waals surface area contributed by atoms with Gasteiger partial charge < -0.3 is 20.6 Å². The lowest BCUT2D eigenvalue weighted by Gasteiger charge is -2.33. The van der Waals surface area contributed by atoms with E-state index in [1.807, 2.05) is 4.90 Å². The molecule has 3 N–H and O–H groups in total. The molecule has 1 aromatic heterocycles. The molecule has 1 unspecified atom stereocenters. The Balaban J connectivity index is 1.53. The standard InChI is InChI=1S/C19H21FN4O3/c20-14-5-1-6-15(10-14)22-19(27)21-11-13-4-3-9-24(12-13)17-8-2-7-16(23-17)18(25)26/h1-2,5-8,10,13H,3-4,9,11-12H2,(H,25,26)(H2,21,22,27). The first-order valence-electron chi connectivity index (χ1n) is 8.77. The second-order valence-electron chi connectivity index (χ2n) is 6.49. The predicted molar refractivity (Wildman–Crippen MR) is 99.6 cm³/mol. The second kappa shape index (κ2) is 8.48. The van der Waals surface area contributed by atoms with Gasteiger partial charge in [0.1, 0.15) is 11.6 Å². The van der Waals surface area contributed by atoms with Gasteiger partial charge in [-0.25, -0.2) is 19.0 Å². The first kappa shape index (κ1) is 18.6. The highest BCUT2D eigenvalue weighted by Crippen LogP contribution is 2.21. The molecule has 2 aromatic rings. The van der Waals surface area contributed by atoms with Crippen molar-refractivity contribution in [3.05, 3.63) is 54.0 Å². The number of carboxylic acids is 1. The van der Waals surface area contributed by atoms with E-state index in [0.29, 0.717) is 24.6 Å². The van der Waals surface area contributed by atoms with E-state index < -0.39 is 11.8 Å². The monoisotopic (exact) mass is 372 g/mol. The number of nitrogens with zero attached hydrogens (tertiary/aromatic N) is 2. The van der Waals surface area contributed by atoms with Crippen molar-refractivity contribution >= 4 is 23.5 Å². The van der Waals surface area contributed by atoms with Crippen LogP contribution in [0.3, 0.4) is 0 Å². The van der Waals surface area contributed by atoms with Gasteiger partial charge in [-0.3, -0.25) is 0 Å². The molecule has 0 saturated carbocycles. The first-order valence-corrected chi connectivity index (χ1v) is 8.77. The average molecular weight is 372 g/mol. The van der Waals surface area contributed by atoms with Gasteiger partial charge in [-0.1, -0.05) is 12.1 Å². The summed E-state index contributed by atoms with van der Waals surface area (Å²) in [5.41, 5.74) is 0.412. The molecular weight excluding hydrogens is 351 g/mol. The number of aromatic carboxylic acids is 1. The number of anilines is 2. The number of pyridine rings is 1. The number of benzene rings is 1. The molecule has 1 aliphatic rings. The van der Waals surface area contributed by atoms with Crippen LogP contribution >= 0.6 is 0 Å². The number of nitrogens with one attached hydrogen (secondary N) is 2. The van der Waals surface area contributed by atoms with Crippen LogP contribution in [-0.4, -0.2) is 41.7 Å². The quantitative estimate of drug-likeness (QED) is 0.750. The maximum atomic E-state index is 13.2. The molecule has 1 aromatic carbocycles. The molecule has 0 spiro atoms. The summed E-state index contributed by atoms with van der Waals surface area (Å²) in [6.07, 6.45) is 1.88. The summed E-state index contributed by atoms with van der Waals surface area (Å²) >= 11 is 0. The highest BCUT2D eigenvalue weighted by Gasteiger charge is 2.22. The minimum Gasteiger partial charge on any atom is -0.477 e. The Morgan fingerprint density at radius 3 is 2.85 bits per heavy atom. The number of piperidine rings is 1. The Hall–Kier alpha value is -3.16. The van der Waals surface area contributed by atoms with Crippen LogP contribution in [0.4, 0.5) is 20.7 Å². The Bertz CT molecular complexity index is 830. The number of carbonyl (C=O) groups is 2. The molecule has 1 atom stereocenters. The number of amides is 2. The summed E-state index contributed by atoms with van der Waals surface area (Å²) in [6, 6.07) is 10.3. The average Bonchev–Trinajstić information content (AvgIpc) is 2.67. The molecule has 8 heteroatoms. The van der Waals surface area contributed by atoms with Gasteiger partial charge in [0.2, 0.25) is 0 Å². The topological polar surface area (TPSA) is 94.6 Å². The van der Waals surface area contributed by atoms with Gasteiger partial charge in [-0.15, -0.1) is 0 Å². The number of hydrogen-bond donors (Lipinski definition) is 3. The van der Waals surface area contributed by atoms with Crippen LogP contribution in [0.15, 0.2) is 42.5 Å². The van der Waals surface area contributed by atoms with E-state index >= 15 is 0 Å². The number of aromatic nitrogens is 1. The zero-order valence-corrected chi connectivity index (χ0v) is 14.7. The number of hydrogen-bond acceptors (Lipinski definition) is 4. The molecule has 27 heavy (non-hydrogen) atoms. The van der Waals surface area contributed by atoms with E-state index in [1.165, 1.54) is 24.3 Å². The molecule has 7 nitrogen and oxygen atoms in total. The van der Waals surface area contributed by atoms with Crippen LogP contribution in [0, 0.1) is 11.7 Å². The van der Waals surface area contributed by atoms with Gasteiger partial charge in [0.15, 0.2) is 5.69 Å². The number of urea groups is 1. The van der Waals surface area contributed by atoms with Gasteiger partial charge >= 0.3 is 12.0 Å². The van der Waals surface area contributed by atoms with Gasteiger partial charge in [0.05, 0.1) is 0 Å². The van der Waals surface area contributed by atoms with E-state index in [2.05, 4.69) is 15.6 Å². The van der Waals surface area contributed by atoms with Crippen LogP contribution in [0.25, 0.3) is 0 Å². The van der Waals surface area contributed by atoms with Crippen LogP contribution in [0.1, 0.15) is 23.3 Å². The summed E-state index contributed by atoms with van der Waals surface area (Å²) in [5.74, 6) is -0.621. The zero-order valence-electron chi connectivity index (χ0n) is 14.7. The summed E-state index contributed by atoms with van der Waals surface area (Å²) in [6.45, 7) is 1.94. The lowest BCUT2D eigenvalue weighted by Crippen LogP contribution is -2.42. The maximum absolute atomic E-state index is 13.2. The molecule has 142 valence electrons. The lowest BCUT2D eigenvalue weighted by atomic mass is 9.98. The fourth-order valence-corrected chi connectivity index (χ4v) is 3.14. The molecule has 1 aliphatic heterocycles. The van der Waals surface area contributed by atoms with Gasteiger partial charge in [-0.05, 0) is 49.1 Å². The van der Waals surface area contributed by atoms with E-state index in [-0.39, 0.29) is 17.6 Å². The Labute approximate surface area is 156 Å². The number of halogens is 1. The summed E-state index contributed by atoms with van der Waals surface area (Å²) in [7, 11) is 0. The van der Waals surface area contributed by atoms with E-state index in [4.69, 9.17) is 5.11 Å². The third kappa shape index (κ3) is 5.16. The molecule has 3 rings (SSSR count). The van der Waals surface area contributed by atoms with E-state index in [0.717, 1.165) is 19.4 Å². The second-order valence-corrected chi connectivity index (χ2v) is 6.49. The van der Waals surface area contributed by atoms with Crippen LogP contribution in [-0.2, 0) is 0 Å². The largest absolute Gasteiger partial charge is 0.477 e. The Morgan fingerprint density at radius 2 is 2.07 bits per heavy atom. The Morgan fingerprint density at radius 1 is 1.26 bits per heavy atom. The predicted octanol–water partition coefficient (Wildman–Crippen LogP) is 2.96. The van der Waals surface area contributed by atoms with Gasteiger partial charge in [0, 0.05) is 25.3 Å². The number of rotatable bonds is 5. The minimum atomic E-state index is -1.05. The van der Waals surface area contributed by atoms with Crippen molar-refractivity contribution in [2.75, 3.05) is 29.9 Å². The minimum absolute atomic E-state index is 0.0159. The molecular formula is C19H21FN4O3. The maximum Gasteiger partial charge on any atom is 0.354 e. The smallest absolute Gasteiger partial charge is 0.354 e. The van der Waals surface area contributed by atoms with Crippen molar-refractivity contribution in [3.8, 4) is 0 Å². The lowest BCUT2D eigenvalue weighted by molar-refractivity contribution is 0.0690. The van der Waals surface area contributed by atoms with Crippen molar-refractivity contribution in [1.29, 1.82) is 0 Å². The molecule has 2 amide bonds. The molecule has 2 heterocycles. The van der Waals surface area contributed by atoms with Gasteiger partial charge in [0.25, 0.3) is 0 Å². The van der Waals surface area contributed by atoms with Crippen molar-refractivity contribution < 1.29 is 19.1 Å². The normalized spacial score (nSPS) is 16.6. The van der Waals surface area contributed by atoms with Crippen molar-refractivity contribution in [3.63, 3.8) is 0 Å². The van der Waals surface area contributed by atoms with Crippen LogP contribution in [0.5, 0.6) is 0 Å². The fourth-order valence-electron chi connectivity index (χ4n) is 3.14. The molecule has 1 fully saturated rings. The summed E-state index contributed by atoms with van der Waals surface area (Å²) < 4.78 is 13.2. The fraction of sp³-hybridized carbons (Fsp3) is 0.316. The van der Waals surface area contributed by atoms with E-state index in [1.54, 1.807) is 18.2 Å². The highest BCUT2D eigenvalue weighted by molar-refractivity contribution is 5.89. The highest BCUT2D eigenvalue weighted by atomic mass is 19.1.